The number of hydrogen-bond donors (Lipinski definition) is 2. The van der Waals surface area contributed by atoms with Gasteiger partial charge >= 0.3 is 0 Å². The van der Waals surface area contributed by atoms with Crippen molar-refractivity contribution in [3.8, 4) is 0 Å². The molecule has 5 nitrogen and oxygen atoms in total. The van der Waals surface area contributed by atoms with E-state index in [9.17, 15) is 8.42 Å². The van der Waals surface area contributed by atoms with Crippen molar-refractivity contribution in [2.75, 3.05) is 33.4 Å². The number of nitrogens with one attached hydrogen (secondary N) is 2. The molecule has 0 aliphatic carbocycles. The molecule has 0 spiro atoms. The van der Waals surface area contributed by atoms with Gasteiger partial charge in [0, 0.05) is 24.1 Å². The minimum absolute atomic E-state index is 0. The molecule has 1 aliphatic heterocycles. The molecule has 1 aromatic carbocycles. The third kappa shape index (κ3) is 5.08. The fraction of sp³-hybridized carbons (Fsp3) is 0.571. The molecule has 0 radical (unpaired) electrons. The quantitative estimate of drug-likeness (QED) is 0.806. The van der Waals surface area contributed by atoms with Gasteiger partial charge in [0.25, 0.3) is 0 Å². The van der Waals surface area contributed by atoms with Crippen LogP contribution in [-0.2, 0) is 14.8 Å². The van der Waals surface area contributed by atoms with Gasteiger partial charge in [-0.15, -0.1) is 12.4 Å². The lowest BCUT2D eigenvalue weighted by Crippen LogP contribution is -2.47. The topological polar surface area (TPSA) is 67.4 Å². The summed E-state index contributed by atoms with van der Waals surface area (Å²) in [6.45, 7) is 2.70. The zero-order valence-corrected chi connectivity index (χ0v) is 14.9. The van der Waals surface area contributed by atoms with E-state index in [1.807, 2.05) is 0 Å². The van der Waals surface area contributed by atoms with Gasteiger partial charge in [0.05, 0.1) is 11.5 Å². The summed E-state index contributed by atoms with van der Waals surface area (Å²) in [5.74, 6) is 0. The Morgan fingerprint density at radius 3 is 2.41 bits per heavy atom. The Bertz CT molecular complexity index is 552. The van der Waals surface area contributed by atoms with E-state index in [-0.39, 0.29) is 22.7 Å². The van der Waals surface area contributed by atoms with E-state index in [1.54, 1.807) is 19.2 Å². The molecule has 1 heterocycles. The number of benzene rings is 1. The van der Waals surface area contributed by atoms with Crippen molar-refractivity contribution in [2.45, 2.75) is 17.7 Å². The van der Waals surface area contributed by atoms with Crippen LogP contribution < -0.4 is 10.0 Å². The second kappa shape index (κ2) is 8.47. The van der Waals surface area contributed by atoms with Crippen molar-refractivity contribution in [1.29, 1.82) is 0 Å². The van der Waals surface area contributed by atoms with Crippen molar-refractivity contribution in [3.05, 3.63) is 29.3 Å². The summed E-state index contributed by atoms with van der Waals surface area (Å²) in [5, 5.41) is 3.80. The second-order valence-electron chi connectivity index (χ2n) is 5.46. The summed E-state index contributed by atoms with van der Waals surface area (Å²) >= 11 is 5.79. The SMILES string of the molecule is COCC1(CNS(=O)(=O)c2ccc(Cl)cc2)CCNCC1.Cl. The fourth-order valence-electron chi connectivity index (χ4n) is 2.58. The number of halogens is 2. The molecule has 1 saturated heterocycles. The van der Waals surface area contributed by atoms with Crippen LogP contribution in [0, 0.1) is 5.41 Å². The molecule has 0 bridgehead atoms. The average molecular weight is 369 g/mol. The van der Waals surface area contributed by atoms with Gasteiger partial charge in [-0.25, -0.2) is 13.1 Å². The summed E-state index contributed by atoms with van der Waals surface area (Å²) in [6.07, 6.45) is 1.79. The van der Waals surface area contributed by atoms with E-state index in [0.29, 0.717) is 18.2 Å². The van der Waals surface area contributed by atoms with Crippen molar-refractivity contribution < 1.29 is 13.2 Å². The fourth-order valence-corrected chi connectivity index (χ4v) is 3.86. The molecule has 1 fully saturated rings. The lowest BCUT2D eigenvalue weighted by Gasteiger charge is -2.37. The van der Waals surface area contributed by atoms with Crippen molar-refractivity contribution in [3.63, 3.8) is 0 Å². The maximum atomic E-state index is 12.3. The highest BCUT2D eigenvalue weighted by Crippen LogP contribution is 2.29. The van der Waals surface area contributed by atoms with Gasteiger partial charge < -0.3 is 10.1 Å². The van der Waals surface area contributed by atoms with Gasteiger partial charge in [-0.1, -0.05) is 11.6 Å². The number of rotatable bonds is 6. The third-order valence-corrected chi connectivity index (χ3v) is 5.54. The van der Waals surface area contributed by atoms with Gasteiger partial charge in [-0.2, -0.15) is 0 Å². The first-order chi connectivity index (χ1) is 9.97. The molecule has 2 rings (SSSR count). The second-order valence-corrected chi connectivity index (χ2v) is 7.66. The highest BCUT2D eigenvalue weighted by Gasteiger charge is 2.33. The van der Waals surface area contributed by atoms with Crippen molar-refractivity contribution in [2.24, 2.45) is 5.41 Å². The van der Waals surface area contributed by atoms with Crippen molar-refractivity contribution in [1.82, 2.24) is 10.0 Å². The molecule has 0 unspecified atom stereocenters. The van der Waals surface area contributed by atoms with E-state index >= 15 is 0 Å². The number of sulfonamides is 1. The molecular formula is C14H22Cl2N2O3S. The molecule has 2 N–H and O–H groups in total. The molecular weight excluding hydrogens is 347 g/mol. The zero-order chi connectivity index (χ0) is 15.3. The van der Waals surface area contributed by atoms with E-state index in [0.717, 1.165) is 25.9 Å². The van der Waals surface area contributed by atoms with Crippen LogP contribution >= 0.6 is 24.0 Å². The first-order valence-corrected chi connectivity index (χ1v) is 8.78. The molecule has 0 atom stereocenters. The Morgan fingerprint density at radius 2 is 1.86 bits per heavy atom. The normalized spacial score (nSPS) is 17.7. The van der Waals surface area contributed by atoms with Crippen LogP contribution in [0.25, 0.3) is 0 Å². The van der Waals surface area contributed by atoms with E-state index < -0.39 is 10.0 Å². The van der Waals surface area contributed by atoms with E-state index in [1.165, 1.54) is 12.1 Å². The molecule has 1 aliphatic rings. The Balaban J connectivity index is 0.00000242. The van der Waals surface area contributed by atoms with Gasteiger partial charge in [-0.05, 0) is 50.2 Å². The summed E-state index contributed by atoms with van der Waals surface area (Å²) in [5.41, 5.74) is -0.139. The minimum Gasteiger partial charge on any atom is -0.384 e. The molecule has 22 heavy (non-hydrogen) atoms. The van der Waals surface area contributed by atoms with E-state index in [2.05, 4.69) is 10.0 Å². The van der Waals surface area contributed by atoms with Crippen LogP contribution in [0.15, 0.2) is 29.2 Å². The Kier molecular flexibility index (Phi) is 7.58. The lowest BCUT2D eigenvalue weighted by atomic mass is 9.80. The first kappa shape index (κ1) is 19.7. The number of hydrogen-bond acceptors (Lipinski definition) is 4. The predicted molar refractivity (Wildman–Crippen MR) is 90.3 cm³/mol. The standard InChI is InChI=1S/C14H21ClN2O3S.ClH/c1-20-11-14(6-8-16-9-7-14)10-17-21(18,19)13-4-2-12(15)3-5-13;/h2-5,16-17H,6-11H2,1H3;1H. The molecule has 0 aromatic heterocycles. The summed E-state index contributed by atoms with van der Waals surface area (Å²) in [7, 11) is -1.87. The molecule has 0 amide bonds. The number of piperidine rings is 1. The number of methoxy groups -OCH3 is 1. The van der Waals surface area contributed by atoms with Crippen LogP contribution in [0.4, 0.5) is 0 Å². The van der Waals surface area contributed by atoms with Gasteiger partial charge in [0.15, 0.2) is 0 Å². The predicted octanol–water partition coefficient (Wildman–Crippen LogP) is 2.06. The Morgan fingerprint density at radius 1 is 1.27 bits per heavy atom. The largest absolute Gasteiger partial charge is 0.384 e. The lowest BCUT2D eigenvalue weighted by molar-refractivity contribution is 0.0577. The van der Waals surface area contributed by atoms with Crippen LogP contribution in [0.2, 0.25) is 5.02 Å². The molecule has 0 saturated carbocycles. The van der Waals surface area contributed by atoms with Crippen LogP contribution in [-0.4, -0.2) is 41.8 Å². The van der Waals surface area contributed by atoms with Gasteiger partial charge in [0.1, 0.15) is 0 Å². The third-order valence-electron chi connectivity index (χ3n) is 3.88. The zero-order valence-electron chi connectivity index (χ0n) is 12.5. The number of ether oxygens (including phenoxy) is 1. The highest BCUT2D eigenvalue weighted by atomic mass is 35.5. The van der Waals surface area contributed by atoms with Crippen LogP contribution in [0.3, 0.4) is 0 Å². The Hall–Kier alpha value is -0.370. The molecule has 126 valence electrons. The van der Waals surface area contributed by atoms with Crippen molar-refractivity contribution >= 4 is 34.0 Å². The first-order valence-electron chi connectivity index (χ1n) is 6.92. The minimum atomic E-state index is -3.52. The van der Waals surface area contributed by atoms with E-state index in [4.69, 9.17) is 16.3 Å². The van der Waals surface area contributed by atoms with Crippen LogP contribution in [0.5, 0.6) is 0 Å². The van der Waals surface area contributed by atoms with Gasteiger partial charge in [-0.3, -0.25) is 0 Å². The van der Waals surface area contributed by atoms with Crippen LogP contribution in [0.1, 0.15) is 12.8 Å². The average Bonchev–Trinajstić information content (AvgIpc) is 2.47. The summed E-state index contributed by atoms with van der Waals surface area (Å²) in [4.78, 5) is 0.230. The summed E-state index contributed by atoms with van der Waals surface area (Å²) < 4.78 is 32.6. The maximum Gasteiger partial charge on any atom is 0.240 e. The Labute approximate surface area is 143 Å². The van der Waals surface area contributed by atoms with Gasteiger partial charge in [0.2, 0.25) is 10.0 Å². The molecule has 8 heteroatoms. The maximum absolute atomic E-state index is 12.3. The monoisotopic (exact) mass is 368 g/mol. The summed E-state index contributed by atoms with van der Waals surface area (Å²) in [6, 6.07) is 6.17. The highest BCUT2D eigenvalue weighted by molar-refractivity contribution is 7.89. The molecule has 1 aromatic rings. The smallest absolute Gasteiger partial charge is 0.240 e.